The van der Waals surface area contributed by atoms with Crippen LogP contribution in [0.4, 0.5) is 5.82 Å². The topological polar surface area (TPSA) is 70.5 Å². The highest BCUT2D eigenvalue weighted by Gasteiger charge is 2.25. The van der Waals surface area contributed by atoms with Crippen LogP contribution in [0.15, 0.2) is 60.7 Å². The van der Waals surface area contributed by atoms with Gasteiger partial charge >= 0.3 is 0 Å². The molecule has 1 aliphatic rings. The molecule has 0 aliphatic carbocycles. The molecule has 0 bridgehead atoms. The molecule has 1 fully saturated rings. The molecule has 7 heteroatoms. The number of rotatable bonds is 5. The average Bonchev–Trinajstić information content (AvgIpc) is 3.16. The number of carbonyl (C=O) groups excluding carboxylic acids is 2. The van der Waals surface area contributed by atoms with E-state index in [1.54, 1.807) is 25.2 Å². The molecule has 0 spiro atoms. The maximum absolute atomic E-state index is 12.9. The molecule has 0 unspecified atom stereocenters. The minimum Gasteiger partial charge on any atom is -0.335 e. The first-order valence-corrected chi connectivity index (χ1v) is 10.5. The summed E-state index contributed by atoms with van der Waals surface area (Å²) in [5, 5.41) is 7.15. The number of amides is 2. The highest BCUT2D eigenvalue weighted by molar-refractivity contribution is 6.04. The first kappa shape index (κ1) is 20.8. The average molecular weight is 418 g/mol. The minimum absolute atomic E-state index is 0.106. The predicted molar refractivity (Wildman–Crippen MR) is 120 cm³/mol. The van der Waals surface area contributed by atoms with Crippen molar-refractivity contribution in [2.45, 2.75) is 13.5 Å². The summed E-state index contributed by atoms with van der Waals surface area (Å²) in [4.78, 5) is 29.5. The predicted octanol–water partition coefficient (Wildman–Crippen LogP) is 2.94. The number of anilines is 1. The lowest BCUT2D eigenvalue weighted by molar-refractivity contribution is 0.0622. The van der Waals surface area contributed by atoms with E-state index in [0.29, 0.717) is 30.2 Å². The Kier molecular flexibility index (Phi) is 6.13. The summed E-state index contributed by atoms with van der Waals surface area (Å²) in [5.41, 5.74) is 3.45. The van der Waals surface area contributed by atoms with Gasteiger partial charge in [-0.05, 0) is 24.6 Å². The molecule has 160 valence electrons. The van der Waals surface area contributed by atoms with Gasteiger partial charge in [0.05, 0.1) is 0 Å². The van der Waals surface area contributed by atoms with Crippen molar-refractivity contribution >= 4 is 17.6 Å². The molecule has 0 atom stereocenters. The summed E-state index contributed by atoms with van der Waals surface area (Å²) in [6, 6.07) is 19.2. The van der Waals surface area contributed by atoms with Gasteiger partial charge in [0.2, 0.25) is 0 Å². The van der Waals surface area contributed by atoms with E-state index in [9.17, 15) is 9.59 Å². The number of nitrogens with zero attached hydrogens (tertiary/aromatic N) is 4. The Morgan fingerprint density at radius 3 is 2.32 bits per heavy atom. The Morgan fingerprint density at radius 2 is 1.65 bits per heavy atom. The third kappa shape index (κ3) is 5.00. The summed E-state index contributed by atoms with van der Waals surface area (Å²) >= 11 is 0. The van der Waals surface area contributed by atoms with Crippen molar-refractivity contribution in [1.82, 2.24) is 19.6 Å². The third-order valence-corrected chi connectivity index (χ3v) is 5.56. The highest BCUT2D eigenvalue weighted by atomic mass is 16.2. The number of nitrogens with one attached hydrogen (secondary N) is 1. The normalized spacial score (nSPS) is 14.5. The number of piperazine rings is 1. The molecule has 1 saturated heterocycles. The number of carbonyl (C=O) groups is 2. The van der Waals surface area contributed by atoms with Gasteiger partial charge in [-0.15, -0.1) is 0 Å². The highest BCUT2D eigenvalue weighted by Crippen LogP contribution is 2.15. The molecule has 1 N–H and O–H groups in total. The largest absolute Gasteiger partial charge is 0.335 e. The van der Waals surface area contributed by atoms with Gasteiger partial charge in [0, 0.05) is 51.4 Å². The van der Waals surface area contributed by atoms with Gasteiger partial charge < -0.3 is 10.2 Å². The van der Waals surface area contributed by atoms with E-state index in [1.807, 2.05) is 23.1 Å². The van der Waals surface area contributed by atoms with Gasteiger partial charge in [0.1, 0.15) is 5.82 Å². The third-order valence-electron chi connectivity index (χ3n) is 5.56. The van der Waals surface area contributed by atoms with Crippen molar-refractivity contribution in [1.29, 1.82) is 0 Å². The zero-order valence-electron chi connectivity index (χ0n) is 17.9. The van der Waals surface area contributed by atoms with E-state index < -0.39 is 0 Å². The molecule has 0 saturated carbocycles. The van der Waals surface area contributed by atoms with Crippen molar-refractivity contribution in [3.8, 4) is 0 Å². The van der Waals surface area contributed by atoms with Crippen LogP contribution in [-0.4, -0.2) is 57.6 Å². The van der Waals surface area contributed by atoms with Crippen LogP contribution in [0.25, 0.3) is 0 Å². The van der Waals surface area contributed by atoms with Crippen LogP contribution in [0.3, 0.4) is 0 Å². The SMILES string of the molecule is Cc1ccc(CN2CCN(C(=O)c3cc(NC(=O)c4ccccc4)n(C)n3)CC2)cc1. The van der Waals surface area contributed by atoms with E-state index in [0.717, 1.165) is 19.6 Å². The second-order valence-corrected chi connectivity index (χ2v) is 7.91. The van der Waals surface area contributed by atoms with Gasteiger partial charge in [0.15, 0.2) is 5.69 Å². The Labute approximate surface area is 182 Å². The Bertz CT molecular complexity index is 1050. The smallest absolute Gasteiger partial charge is 0.274 e. The first-order valence-electron chi connectivity index (χ1n) is 10.5. The minimum atomic E-state index is -0.229. The maximum atomic E-state index is 12.9. The van der Waals surface area contributed by atoms with Crippen molar-refractivity contribution in [3.63, 3.8) is 0 Å². The molecule has 1 aromatic heterocycles. The van der Waals surface area contributed by atoms with E-state index >= 15 is 0 Å². The molecule has 4 rings (SSSR count). The Hall–Kier alpha value is -3.45. The van der Waals surface area contributed by atoms with Crippen LogP contribution in [0.5, 0.6) is 0 Å². The van der Waals surface area contributed by atoms with Gasteiger partial charge in [-0.2, -0.15) is 5.10 Å². The van der Waals surface area contributed by atoms with E-state index in [1.165, 1.54) is 15.8 Å². The summed E-state index contributed by atoms with van der Waals surface area (Å²) in [6.07, 6.45) is 0. The lowest BCUT2D eigenvalue weighted by Crippen LogP contribution is -2.48. The molecule has 2 aromatic carbocycles. The van der Waals surface area contributed by atoms with Crippen molar-refractivity contribution in [2.75, 3.05) is 31.5 Å². The first-order chi connectivity index (χ1) is 15.0. The second-order valence-electron chi connectivity index (χ2n) is 7.91. The lowest BCUT2D eigenvalue weighted by atomic mass is 10.1. The molecule has 2 heterocycles. The molecule has 0 radical (unpaired) electrons. The van der Waals surface area contributed by atoms with Crippen molar-refractivity contribution in [3.05, 3.63) is 83.0 Å². The molecular formula is C24H27N5O2. The summed E-state index contributed by atoms with van der Waals surface area (Å²) in [6.45, 7) is 5.94. The van der Waals surface area contributed by atoms with Gasteiger partial charge in [-0.1, -0.05) is 48.0 Å². The van der Waals surface area contributed by atoms with Crippen molar-refractivity contribution in [2.24, 2.45) is 7.05 Å². The fourth-order valence-electron chi connectivity index (χ4n) is 3.69. The molecule has 2 amide bonds. The fourth-order valence-corrected chi connectivity index (χ4v) is 3.69. The van der Waals surface area contributed by atoms with E-state index in [4.69, 9.17) is 0 Å². The van der Waals surface area contributed by atoms with Crippen LogP contribution in [-0.2, 0) is 13.6 Å². The zero-order valence-corrected chi connectivity index (χ0v) is 17.9. The zero-order chi connectivity index (χ0) is 21.8. The molecule has 1 aliphatic heterocycles. The molecular weight excluding hydrogens is 390 g/mol. The monoisotopic (exact) mass is 417 g/mol. The van der Waals surface area contributed by atoms with Crippen LogP contribution >= 0.6 is 0 Å². The molecule has 31 heavy (non-hydrogen) atoms. The summed E-state index contributed by atoms with van der Waals surface area (Å²) < 4.78 is 1.53. The summed E-state index contributed by atoms with van der Waals surface area (Å²) in [7, 11) is 1.72. The van der Waals surface area contributed by atoms with Gasteiger partial charge in [-0.25, -0.2) is 0 Å². The number of hydrogen-bond donors (Lipinski definition) is 1. The fraction of sp³-hybridized carbons (Fsp3) is 0.292. The van der Waals surface area contributed by atoms with Crippen LogP contribution < -0.4 is 5.32 Å². The number of aryl methyl sites for hydroxylation is 2. The van der Waals surface area contributed by atoms with Crippen molar-refractivity contribution < 1.29 is 9.59 Å². The van der Waals surface area contributed by atoms with E-state index in [2.05, 4.69) is 46.5 Å². The van der Waals surface area contributed by atoms with Gasteiger partial charge in [-0.3, -0.25) is 19.2 Å². The Balaban J connectivity index is 1.34. The van der Waals surface area contributed by atoms with Crippen LogP contribution in [0.2, 0.25) is 0 Å². The lowest BCUT2D eigenvalue weighted by Gasteiger charge is -2.34. The van der Waals surface area contributed by atoms with Crippen LogP contribution in [0.1, 0.15) is 32.0 Å². The van der Waals surface area contributed by atoms with E-state index in [-0.39, 0.29) is 11.8 Å². The van der Waals surface area contributed by atoms with Crippen LogP contribution in [0, 0.1) is 6.92 Å². The second kappa shape index (κ2) is 9.14. The maximum Gasteiger partial charge on any atom is 0.274 e. The molecule has 7 nitrogen and oxygen atoms in total. The Morgan fingerprint density at radius 1 is 0.968 bits per heavy atom. The quantitative estimate of drug-likeness (QED) is 0.693. The molecule has 3 aromatic rings. The van der Waals surface area contributed by atoms with Gasteiger partial charge in [0.25, 0.3) is 11.8 Å². The number of aromatic nitrogens is 2. The number of hydrogen-bond acceptors (Lipinski definition) is 4. The summed E-state index contributed by atoms with van der Waals surface area (Å²) in [5.74, 6) is 0.160. The number of benzene rings is 2. The standard InChI is InChI=1S/C24H27N5O2/c1-18-8-10-19(11-9-18)17-28-12-14-29(15-13-28)24(31)21-16-22(27(2)26-21)25-23(30)20-6-4-3-5-7-20/h3-11,16H,12-15,17H2,1-2H3,(H,25,30).